The predicted molar refractivity (Wildman–Crippen MR) is 81.2 cm³/mol. The molecule has 0 aromatic heterocycles. The molecule has 1 heterocycles. The van der Waals surface area contributed by atoms with Gasteiger partial charge in [-0.15, -0.1) is 0 Å². The van der Waals surface area contributed by atoms with Gasteiger partial charge in [-0.3, -0.25) is 0 Å². The first-order valence-electron chi connectivity index (χ1n) is 8.40. The lowest BCUT2D eigenvalue weighted by Crippen LogP contribution is -2.40. The fourth-order valence-electron chi connectivity index (χ4n) is 2.60. The molecule has 0 unspecified atom stereocenters. The first-order chi connectivity index (χ1) is 10.2. The number of aliphatic hydroxyl groups is 3. The molecule has 1 saturated heterocycles. The predicted octanol–water partition coefficient (Wildman–Crippen LogP) is 1.63. The lowest BCUT2D eigenvalue weighted by atomic mass is 10.1. The summed E-state index contributed by atoms with van der Waals surface area (Å²) in [4.78, 5) is 0. The molecule has 0 bridgehead atoms. The van der Waals surface area contributed by atoms with Crippen LogP contribution in [0.3, 0.4) is 0 Å². The number of ether oxygens (including phenoxy) is 2. The van der Waals surface area contributed by atoms with E-state index in [9.17, 15) is 15.3 Å². The van der Waals surface area contributed by atoms with Gasteiger partial charge in [-0.25, -0.2) is 0 Å². The smallest absolute Gasteiger partial charge is 0.114 e. The molecule has 4 atom stereocenters. The summed E-state index contributed by atoms with van der Waals surface area (Å²) in [5, 5.41) is 28.8. The molecule has 0 aliphatic carbocycles. The number of hydrogen-bond acceptors (Lipinski definition) is 5. The monoisotopic (exact) mass is 304 g/mol. The van der Waals surface area contributed by atoms with E-state index in [1.807, 2.05) is 0 Å². The SMILES string of the molecule is CCCCCCCCCCOC[C@H](O)[C@@H]1OC[C@@H](O)[C@@H]1O. The molecule has 3 N–H and O–H groups in total. The van der Waals surface area contributed by atoms with Crippen molar-refractivity contribution in [1.82, 2.24) is 0 Å². The molecule has 5 nitrogen and oxygen atoms in total. The second-order valence-electron chi connectivity index (χ2n) is 5.97. The van der Waals surface area contributed by atoms with Crippen LogP contribution in [0.25, 0.3) is 0 Å². The Bertz CT molecular complexity index is 249. The van der Waals surface area contributed by atoms with Crippen molar-refractivity contribution in [2.24, 2.45) is 0 Å². The van der Waals surface area contributed by atoms with Gasteiger partial charge in [-0.2, -0.15) is 0 Å². The maximum atomic E-state index is 9.84. The van der Waals surface area contributed by atoms with Crippen LogP contribution in [0.1, 0.15) is 58.3 Å². The highest BCUT2D eigenvalue weighted by Gasteiger charge is 2.39. The van der Waals surface area contributed by atoms with Gasteiger partial charge in [0.05, 0.1) is 13.2 Å². The molecule has 126 valence electrons. The molecule has 1 rings (SSSR count). The quantitative estimate of drug-likeness (QED) is 0.478. The minimum Gasteiger partial charge on any atom is -0.388 e. The Morgan fingerprint density at radius 1 is 1.05 bits per heavy atom. The van der Waals surface area contributed by atoms with Gasteiger partial charge in [-0.05, 0) is 6.42 Å². The molecule has 1 aliphatic heterocycles. The maximum Gasteiger partial charge on any atom is 0.114 e. The Labute approximate surface area is 128 Å². The number of rotatable bonds is 12. The van der Waals surface area contributed by atoms with E-state index in [1.54, 1.807) is 0 Å². The molecular formula is C16H32O5. The molecule has 5 heteroatoms. The van der Waals surface area contributed by atoms with Crippen molar-refractivity contribution in [3.63, 3.8) is 0 Å². The Hall–Kier alpha value is -0.200. The summed E-state index contributed by atoms with van der Waals surface area (Å²) < 4.78 is 10.6. The second kappa shape index (κ2) is 11.4. The zero-order valence-corrected chi connectivity index (χ0v) is 13.2. The zero-order valence-electron chi connectivity index (χ0n) is 13.2. The third kappa shape index (κ3) is 7.56. The van der Waals surface area contributed by atoms with Crippen molar-refractivity contribution in [3.05, 3.63) is 0 Å². The average molecular weight is 304 g/mol. The standard InChI is InChI=1S/C16H32O5/c1-2-3-4-5-6-7-8-9-10-20-11-14(18)16-15(19)13(17)12-21-16/h13-19H,2-12H2,1H3/t13-,14+,15+,16+/m1/s1. The molecule has 0 saturated carbocycles. The van der Waals surface area contributed by atoms with Crippen LogP contribution >= 0.6 is 0 Å². The van der Waals surface area contributed by atoms with Crippen molar-refractivity contribution >= 4 is 0 Å². The van der Waals surface area contributed by atoms with Gasteiger partial charge in [0, 0.05) is 6.61 Å². The minimum atomic E-state index is -1.02. The Balaban J connectivity index is 1.90. The number of hydrogen-bond donors (Lipinski definition) is 3. The maximum absolute atomic E-state index is 9.84. The fraction of sp³-hybridized carbons (Fsp3) is 1.00. The third-order valence-electron chi connectivity index (χ3n) is 4.00. The molecule has 1 fully saturated rings. The largest absolute Gasteiger partial charge is 0.388 e. The van der Waals surface area contributed by atoms with Gasteiger partial charge in [0.15, 0.2) is 0 Å². The van der Waals surface area contributed by atoms with Crippen molar-refractivity contribution in [3.8, 4) is 0 Å². The molecule has 0 radical (unpaired) electrons. The average Bonchev–Trinajstić information content (AvgIpc) is 2.81. The number of unbranched alkanes of at least 4 members (excludes halogenated alkanes) is 7. The van der Waals surface area contributed by atoms with E-state index in [0.29, 0.717) is 6.61 Å². The number of aliphatic hydroxyl groups excluding tert-OH is 3. The van der Waals surface area contributed by atoms with Crippen LogP contribution in [0.2, 0.25) is 0 Å². The summed E-state index contributed by atoms with van der Waals surface area (Å²) >= 11 is 0. The van der Waals surface area contributed by atoms with Gasteiger partial charge in [0.1, 0.15) is 24.4 Å². The minimum absolute atomic E-state index is 0.0704. The summed E-state index contributed by atoms with van der Waals surface area (Å²) in [7, 11) is 0. The van der Waals surface area contributed by atoms with Crippen LogP contribution in [0.5, 0.6) is 0 Å². The van der Waals surface area contributed by atoms with Crippen LogP contribution in [0, 0.1) is 0 Å². The summed E-state index contributed by atoms with van der Waals surface area (Å²) in [6.45, 7) is 3.06. The molecule has 0 aromatic carbocycles. The zero-order chi connectivity index (χ0) is 15.5. The Kier molecular flexibility index (Phi) is 10.2. The van der Waals surface area contributed by atoms with Crippen LogP contribution in [0.4, 0.5) is 0 Å². The lowest BCUT2D eigenvalue weighted by molar-refractivity contribution is -0.0813. The molecule has 21 heavy (non-hydrogen) atoms. The van der Waals surface area contributed by atoms with E-state index in [-0.39, 0.29) is 13.2 Å². The van der Waals surface area contributed by atoms with Crippen molar-refractivity contribution in [2.75, 3.05) is 19.8 Å². The third-order valence-corrected chi connectivity index (χ3v) is 4.00. The van der Waals surface area contributed by atoms with Gasteiger partial charge in [-0.1, -0.05) is 51.9 Å². The van der Waals surface area contributed by atoms with Crippen LogP contribution in [-0.4, -0.2) is 59.6 Å². The topological polar surface area (TPSA) is 79.2 Å². The molecule has 1 aliphatic rings. The van der Waals surface area contributed by atoms with E-state index in [1.165, 1.54) is 38.5 Å². The van der Waals surface area contributed by atoms with Gasteiger partial charge >= 0.3 is 0 Å². The van der Waals surface area contributed by atoms with Crippen LogP contribution in [0.15, 0.2) is 0 Å². The van der Waals surface area contributed by atoms with E-state index < -0.39 is 24.4 Å². The molecular weight excluding hydrogens is 272 g/mol. The first-order valence-corrected chi connectivity index (χ1v) is 8.40. The van der Waals surface area contributed by atoms with Crippen molar-refractivity contribution in [1.29, 1.82) is 0 Å². The summed E-state index contributed by atoms with van der Waals surface area (Å²) in [6, 6.07) is 0. The Morgan fingerprint density at radius 2 is 1.67 bits per heavy atom. The fourth-order valence-corrected chi connectivity index (χ4v) is 2.60. The second-order valence-corrected chi connectivity index (χ2v) is 5.97. The van der Waals surface area contributed by atoms with Crippen molar-refractivity contribution < 1.29 is 24.8 Å². The van der Waals surface area contributed by atoms with Gasteiger partial charge < -0.3 is 24.8 Å². The lowest BCUT2D eigenvalue weighted by Gasteiger charge is -2.20. The van der Waals surface area contributed by atoms with Crippen LogP contribution < -0.4 is 0 Å². The summed E-state index contributed by atoms with van der Waals surface area (Å²) in [5.74, 6) is 0. The Morgan fingerprint density at radius 3 is 2.24 bits per heavy atom. The van der Waals surface area contributed by atoms with Crippen molar-refractivity contribution in [2.45, 2.75) is 82.7 Å². The molecule has 0 aromatic rings. The van der Waals surface area contributed by atoms with Gasteiger partial charge in [0.2, 0.25) is 0 Å². The van der Waals surface area contributed by atoms with Gasteiger partial charge in [0.25, 0.3) is 0 Å². The van der Waals surface area contributed by atoms with E-state index in [2.05, 4.69) is 6.92 Å². The highest BCUT2D eigenvalue weighted by atomic mass is 16.5. The van der Waals surface area contributed by atoms with E-state index >= 15 is 0 Å². The summed E-state index contributed by atoms with van der Waals surface area (Å²) in [5.41, 5.74) is 0. The molecule has 0 amide bonds. The first kappa shape index (κ1) is 18.8. The van der Waals surface area contributed by atoms with Crippen LogP contribution in [-0.2, 0) is 9.47 Å². The van der Waals surface area contributed by atoms with E-state index in [4.69, 9.17) is 9.47 Å². The normalized spacial score (nSPS) is 27.1. The highest BCUT2D eigenvalue weighted by molar-refractivity contribution is 4.87. The summed E-state index contributed by atoms with van der Waals surface area (Å²) in [6.07, 6.45) is 6.43. The highest BCUT2D eigenvalue weighted by Crippen LogP contribution is 2.18. The molecule has 0 spiro atoms. The van der Waals surface area contributed by atoms with E-state index in [0.717, 1.165) is 12.8 Å².